The van der Waals surface area contributed by atoms with E-state index in [9.17, 15) is 19.8 Å². The topological polar surface area (TPSA) is 80.3 Å². The Morgan fingerprint density at radius 1 is 0.840 bits per heavy atom. The van der Waals surface area contributed by atoms with Crippen molar-refractivity contribution in [3.8, 4) is 0 Å². The second kappa shape index (κ2) is 14.9. The third kappa shape index (κ3) is 8.32. The summed E-state index contributed by atoms with van der Waals surface area (Å²) in [6.07, 6.45) is 8.32. The number of hydrogen-bond donors (Lipinski definition) is 0. The quantitative estimate of drug-likeness (QED) is 0.219. The number of rotatable bonds is 12. The van der Waals surface area contributed by atoms with Gasteiger partial charge in [0.1, 0.15) is 0 Å². The van der Waals surface area contributed by atoms with Crippen LogP contribution in [0.3, 0.4) is 0 Å². The first-order valence-electron chi connectivity index (χ1n) is 8.54. The zero-order valence-electron chi connectivity index (χ0n) is 15.9. The molecule has 0 unspecified atom stereocenters. The van der Waals surface area contributed by atoms with Crippen LogP contribution in [0.15, 0.2) is 30.3 Å². The van der Waals surface area contributed by atoms with Gasteiger partial charge in [-0.15, -0.1) is 0 Å². The van der Waals surface area contributed by atoms with Crippen LogP contribution >= 0.6 is 0 Å². The van der Waals surface area contributed by atoms with Crippen molar-refractivity contribution in [2.45, 2.75) is 70.1 Å². The summed E-state index contributed by atoms with van der Waals surface area (Å²) in [5, 5.41) is 23.1. The second-order valence-corrected chi connectivity index (χ2v) is 6.07. The molecule has 6 heteroatoms. The maximum atomic E-state index is 11.6. The minimum atomic E-state index is -2.05. The summed E-state index contributed by atoms with van der Waals surface area (Å²) in [6, 6.07) is 8.00. The van der Waals surface area contributed by atoms with Crippen LogP contribution < -0.4 is 58.6 Å². The van der Waals surface area contributed by atoms with E-state index in [1.165, 1.54) is 37.8 Å². The SMILES string of the molecule is CCCCCCCCCCC(C(=O)[O-])(C(=O)[O-])c1ccccc1.[Li+].[Na+]. The van der Waals surface area contributed by atoms with Gasteiger partial charge in [-0.2, -0.15) is 0 Å². The Morgan fingerprint density at radius 2 is 1.28 bits per heavy atom. The molecule has 0 spiro atoms. The van der Waals surface area contributed by atoms with E-state index in [1.807, 2.05) is 0 Å². The molecule has 0 saturated carbocycles. The molecule has 1 aromatic rings. The number of carbonyl (C=O) groups excluding carboxylic acids is 2. The molecular weight excluding hydrogens is 322 g/mol. The number of benzene rings is 1. The van der Waals surface area contributed by atoms with Crippen molar-refractivity contribution in [2.24, 2.45) is 0 Å². The van der Waals surface area contributed by atoms with E-state index in [-0.39, 0.29) is 60.4 Å². The molecule has 4 nitrogen and oxygen atoms in total. The summed E-state index contributed by atoms with van der Waals surface area (Å²) in [7, 11) is 0. The summed E-state index contributed by atoms with van der Waals surface area (Å²) in [6.45, 7) is 2.17. The van der Waals surface area contributed by atoms with Crippen molar-refractivity contribution in [3.05, 3.63) is 35.9 Å². The second-order valence-electron chi connectivity index (χ2n) is 6.07. The smallest absolute Gasteiger partial charge is 0.549 e. The fourth-order valence-corrected chi connectivity index (χ4v) is 2.91. The molecule has 0 saturated heterocycles. The number of aliphatic carboxylic acids is 2. The van der Waals surface area contributed by atoms with Crippen molar-refractivity contribution in [1.82, 2.24) is 0 Å². The Kier molecular flexibility index (Phi) is 16.1. The van der Waals surface area contributed by atoms with Crippen molar-refractivity contribution >= 4 is 11.9 Å². The first-order chi connectivity index (χ1) is 11.1. The van der Waals surface area contributed by atoms with Crippen molar-refractivity contribution in [1.29, 1.82) is 0 Å². The molecule has 0 fully saturated rings. The molecule has 25 heavy (non-hydrogen) atoms. The van der Waals surface area contributed by atoms with Gasteiger partial charge in [-0.25, -0.2) is 0 Å². The summed E-state index contributed by atoms with van der Waals surface area (Å²) < 4.78 is 0. The molecule has 0 bridgehead atoms. The third-order valence-electron chi connectivity index (χ3n) is 4.37. The van der Waals surface area contributed by atoms with Crippen molar-refractivity contribution in [3.63, 3.8) is 0 Å². The van der Waals surface area contributed by atoms with Crippen LogP contribution in [0.1, 0.15) is 70.3 Å². The number of carboxylic acid groups (broad SMARTS) is 2. The van der Waals surface area contributed by atoms with Crippen LogP contribution in [0.25, 0.3) is 0 Å². The van der Waals surface area contributed by atoms with E-state index in [1.54, 1.807) is 18.2 Å². The van der Waals surface area contributed by atoms with Gasteiger partial charge in [0.05, 0.1) is 17.4 Å². The molecule has 1 aromatic carbocycles. The van der Waals surface area contributed by atoms with Gasteiger partial charge in [-0.1, -0.05) is 88.6 Å². The Morgan fingerprint density at radius 3 is 1.72 bits per heavy atom. The fraction of sp³-hybridized carbons (Fsp3) is 0.579. The Labute approximate surface area is 185 Å². The van der Waals surface area contributed by atoms with Gasteiger partial charge in [0.15, 0.2) is 0 Å². The van der Waals surface area contributed by atoms with E-state index in [0.717, 1.165) is 19.3 Å². The molecule has 0 radical (unpaired) electrons. The van der Waals surface area contributed by atoms with Gasteiger partial charge < -0.3 is 19.8 Å². The van der Waals surface area contributed by atoms with Crippen LogP contribution in [-0.2, 0) is 15.0 Å². The molecule has 0 aromatic heterocycles. The number of hydrogen-bond acceptors (Lipinski definition) is 4. The fourth-order valence-electron chi connectivity index (χ4n) is 2.91. The minimum absolute atomic E-state index is 0. The zero-order chi connectivity index (χ0) is 17.1. The van der Waals surface area contributed by atoms with E-state index in [2.05, 4.69) is 6.92 Å². The van der Waals surface area contributed by atoms with Crippen LogP contribution in [0.5, 0.6) is 0 Å². The largest absolute Gasteiger partial charge is 1.00 e. The average molecular weight is 348 g/mol. The van der Waals surface area contributed by atoms with Gasteiger partial charge in [-0.3, -0.25) is 0 Å². The first kappa shape index (κ1) is 27.0. The molecule has 0 aliphatic heterocycles. The monoisotopic (exact) mass is 348 g/mol. The number of carboxylic acids is 2. The van der Waals surface area contributed by atoms with Gasteiger partial charge in [0.25, 0.3) is 0 Å². The Hall–Kier alpha value is -0.243. The van der Waals surface area contributed by atoms with E-state index in [0.29, 0.717) is 6.42 Å². The molecule has 128 valence electrons. The predicted octanol–water partition coefficient (Wildman–Crippen LogP) is -4.04. The zero-order valence-corrected chi connectivity index (χ0v) is 17.9. The summed E-state index contributed by atoms with van der Waals surface area (Å²) in [4.78, 5) is 23.1. The molecule has 0 aliphatic rings. The number of carbonyl (C=O) groups is 2. The van der Waals surface area contributed by atoms with Gasteiger partial charge in [-0.05, 0) is 12.0 Å². The van der Waals surface area contributed by atoms with E-state index >= 15 is 0 Å². The molecule has 0 heterocycles. The van der Waals surface area contributed by atoms with Gasteiger partial charge in [0.2, 0.25) is 0 Å². The van der Waals surface area contributed by atoms with E-state index in [4.69, 9.17) is 0 Å². The molecular formula is C19H26LiNaO4. The van der Waals surface area contributed by atoms with Crippen molar-refractivity contribution < 1.29 is 68.2 Å². The summed E-state index contributed by atoms with van der Waals surface area (Å²) >= 11 is 0. The van der Waals surface area contributed by atoms with Crippen LogP contribution in [-0.4, -0.2) is 11.9 Å². The maximum absolute atomic E-state index is 11.6. The van der Waals surface area contributed by atoms with Crippen molar-refractivity contribution in [2.75, 3.05) is 0 Å². The third-order valence-corrected chi connectivity index (χ3v) is 4.37. The average Bonchev–Trinajstić information content (AvgIpc) is 2.54. The molecule has 0 aliphatic carbocycles. The van der Waals surface area contributed by atoms with Crippen LogP contribution in [0.4, 0.5) is 0 Å². The maximum Gasteiger partial charge on any atom is 1.00 e. The van der Waals surface area contributed by atoms with Crippen LogP contribution in [0, 0.1) is 0 Å². The van der Waals surface area contributed by atoms with E-state index < -0.39 is 17.4 Å². The molecule has 0 amide bonds. The summed E-state index contributed by atoms with van der Waals surface area (Å²) in [5.74, 6) is -3.18. The van der Waals surface area contributed by atoms with Crippen LogP contribution in [0.2, 0.25) is 0 Å². The molecule has 0 N–H and O–H groups in total. The Balaban J connectivity index is 0. The van der Waals surface area contributed by atoms with Gasteiger partial charge in [0, 0.05) is 0 Å². The normalized spacial score (nSPS) is 10.4. The Bertz CT molecular complexity index is 479. The summed E-state index contributed by atoms with van der Waals surface area (Å²) in [5.41, 5.74) is -1.83. The molecule has 0 atom stereocenters. The first-order valence-corrected chi connectivity index (χ1v) is 8.54. The predicted molar refractivity (Wildman–Crippen MR) is 85.4 cm³/mol. The number of unbranched alkanes of at least 4 members (excludes halogenated alkanes) is 7. The van der Waals surface area contributed by atoms with Gasteiger partial charge >= 0.3 is 48.4 Å². The minimum Gasteiger partial charge on any atom is -0.549 e. The molecule has 1 rings (SSSR count). The standard InChI is InChI=1S/C19H28O4.Li.Na/c1-2-3-4-5-6-7-8-12-15-19(17(20)21,18(22)23)16-13-10-9-11-14-16;;/h9-11,13-14H,2-8,12,15H2,1H3,(H,20,21)(H,22,23);;/q;2*+1/p-2.